The molecular weight excluding hydrogens is 673 g/mol. The first kappa shape index (κ1) is 29.8. The zero-order chi connectivity index (χ0) is 27.0. The Labute approximate surface area is 270 Å². The molecular formula is C33H25AgN3PS3+. The van der Waals surface area contributed by atoms with Crippen LogP contribution in [-0.4, -0.2) is 15.0 Å². The molecule has 3 aromatic carbocycles. The van der Waals surface area contributed by atoms with Crippen molar-refractivity contribution in [2.45, 2.75) is 30.2 Å². The molecule has 3 aromatic heterocycles. The fourth-order valence-electron chi connectivity index (χ4n) is 4.16. The predicted octanol–water partition coefficient (Wildman–Crippen LogP) is 7.81. The standard InChI is InChI=1S/C18H15P.C15H9N3S3.Ag/c1-4-10-16(11-5-1)19(17-12-6-2-7-13-17)18-14-8-3-9-15-18;1-4-10-16-11(5-1)20-13-7-3-9-15(18-13)21-14-8-2-6-12(17-14)19-10;/h1-15H;1-9H;/p+1. The Morgan fingerprint density at radius 3 is 0.805 bits per heavy atom. The van der Waals surface area contributed by atoms with Gasteiger partial charge in [-0.3, -0.25) is 0 Å². The minimum absolute atomic E-state index is 0. The van der Waals surface area contributed by atoms with Crippen LogP contribution in [0.3, 0.4) is 0 Å². The molecule has 0 amide bonds. The minimum atomic E-state index is -0.877. The molecule has 0 aliphatic carbocycles. The van der Waals surface area contributed by atoms with Crippen molar-refractivity contribution in [1.29, 1.82) is 0 Å². The third kappa shape index (κ3) is 8.21. The Morgan fingerprint density at radius 1 is 0.317 bits per heavy atom. The molecule has 205 valence electrons. The van der Waals surface area contributed by atoms with Gasteiger partial charge in [0, 0.05) is 22.4 Å². The molecule has 4 heterocycles. The molecule has 1 aliphatic rings. The smallest absolute Gasteiger partial charge is 0.104 e. The molecule has 0 saturated heterocycles. The molecule has 41 heavy (non-hydrogen) atoms. The number of hydrogen-bond donors (Lipinski definition) is 0. The van der Waals surface area contributed by atoms with Gasteiger partial charge in [0.1, 0.15) is 46.1 Å². The van der Waals surface area contributed by atoms with Crippen molar-refractivity contribution in [1.82, 2.24) is 15.0 Å². The summed E-state index contributed by atoms with van der Waals surface area (Å²) >= 11 is 4.75. The van der Waals surface area contributed by atoms with Gasteiger partial charge in [0.05, 0.1) is 7.92 Å². The molecule has 1 radical (unpaired) electrons. The van der Waals surface area contributed by atoms with Crippen LogP contribution >= 0.6 is 43.2 Å². The molecule has 7 rings (SSSR count). The van der Waals surface area contributed by atoms with E-state index in [0.717, 1.165) is 30.2 Å². The number of benzene rings is 3. The summed E-state index contributed by atoms with van der Waals surface area (Å²) in [4.78, 5) is 14.0. The molecule has 0 unspecified atom stereocenters. The number of hydrogen-bond acceptors (Lipinski definition) is 6. The van der Waals surface area contributed by atoms with Gasteiger partial charge in [-0.05, 0) is 72.8 Å². The van der Waals surface area contributed by atoms with E-state index in [9.17, 15) is 0 Å². The first-order chi connectivity index (χ1) is 19.8. The second-order valence-corrected chi connectivity index (χ2v) is 14.3. The molecule has 0 atom stereocenters. The molecule has 6 aromatic rings. The quantitative estimate of drug-likeness (QED) is 0.139. The summed E-state index contributed by atoms with van der Waals surface area (Å²) in [6.45, 7) is 0. The van der Waals surface area contributed by atoms with Crippen LogP contribution in [-0.2, 0) is 22.4 Å². The SMILES string of the molecule is [Ag].c1cc2nc(c1)Sc1cccc(n1)Sc1cccc(n1)S2.c1ccc([PH+](c2ccccc2)c2ccccc2)cc1. The van der Waals surface area contributed by atoms with E-state index in [1.165, 1.54) is 15.9 Å². The topological polar surface area (TPSA) is 38.7 Å². The Kier molecular flexibility index (Phi) is 10.9. The first-order valence-corrected chi connectivity index (χ1v) is 16.7. The van der Waals surface area contributed by atoms with Crippen LogP contribution in [0.5, 0.6) is 0 Å². The molecule has 6 bridgehead atoms. The zero-order valence-electron chi connectivity index (χ0n) is 21.7. The van der Waals surface area contributed by atoms with Gasteiger partial charge in [-0.15, -0.1) is 0 Å². The van der Waals surface area contributed by atoms with Crippen molar-refractivity contribution < 1.29 is 22.4 Å². The van der Waals surface area contributed by atoms with Crippen molar-refractivity contribution >= 4 is 59.1 Å². The molecule has 0 spiro atoms. The molecule has 1 aliphatic heterocycles. The van der Waals surface area contributed by atoms with Crippen molar-refractivity contribution in [2.75, 3.05) is 0 Å². The predicted molar refractivity (Wildman–Crippen MR) is 172 cm³/mol. The van der Waals surface area contributed by atoms with Crippen LogP contribution in [0, 0.1) is 0 Å². The van der Waals surface area contributed by atoms with Gasteiger partial charge >= 0.3 is 0 Å². The van der Waals surface area contributed by atoms with Gasteiger partial charge < -0.3 is 0 Å². The van der Waals surface area contributed by atoms with Crippen molar-refractivity contribution in [2.24, 2.45) is 0 Å². The van der Waals surface area contributed by atoms with E-state index < -0.39 is 7.92 Å². The van der Waals surface area contributed by atoms with E-state index in [1.54, 1.807) is 35.3 Å². The monoisotopic (exact) mass is 697 g/mol. The van der Waals surface area contributed by atoms with Gasteiger partial charge in [-0.2, -0.15) is 0 Å². The second-order valence-electron chi connectivity index (χ2n) is 8.72. The summed E-state index contributed by atoms with van der Waals surface area (Å²) in [6, 6.07) is 50.6. The maximum atomic E-state index is 4.65. The first-order valence-electron chi connectivity index (χ1n) is 12.8. The van der Waals surface area contributed by atoms with Crippen LogP contribution in [0.25, 0.3) is 0 Å². The summed E-state index contributed by atoms with van der Waals surface area (Å²) < 4.78 is 0. The van der Waals surface area contributed by atoms with E-state index in [-0.39, 0.29) is 22.4 Å². The number of pyridine rings is 3. The van der Waals surface area contributed by atoms with Gasteiger partial charge in [-0.1, -0.05) is 108 Å². The van der Waals surface area contributed by atoms with Crippen molar-refractivity contribution in [3.8, 4) is 0 Å². The van der Waals surface area contributed by atoms with Crippen molar-refractivity contribution in [3.63, 3.8) is 0 Å². The van der Waals surface area contributed by atoms with Crippen LogP contribution < -0.4 is 15.9 Å². The summed E-state index contributed by atoms with van der Waals surface area (Å²) in [5.41, 5.74) is 0. The number of rotatable bonds is 3. The Hall–Kier alpha value is -2.67. The number of aromatic nitrogens is 3. The summed E-state index contributed by atoms with van der Waals surface area (Å²) in [5, 5.41) is 10.0. The third-order valence-electron chi connectivity index (χ3n) is 5.91. The van der Waals surface area contributed by atoms with E-state index in [0.29, 0.717) is 0 Å². The Bertz CT molecular complexity index is 1440. The maximum absolute atomic E-state index is 4.65. The molecule has 0 fully saturated rings. The van der Waals surface area contributed by atoms with Crippen LogP contribution in [0.1, 0.15) is 0 Å². The van der Waals surface area contributed by atoms with Crippen molar-refractivity contribution in [3.05, 3.63) is 146 Å². The summed E-state index contributed by atoms with van der Waals surface area (Å²) in [6.07, 6.45) is 0. The van der Waals surface area contributed by atoms with Crippen LogP contribution in [0.4, 0.5) is 0 Å². The van der Waals surface area contributed by atoms with Gasteiger partial charge in [0.25, 0.3) is 0 Å². The van der Waals surface area contributed by atoms with E-state index in [2.05, 4.69) is 106 Å². The van der Waals surface area contributed by atoms with Gasteiger partial charge in [-0.25, -0.2) is 15.0 Å². The third-order valence-corrected chi connectivity index (χ3v) is 11.3. The van der Waals surface area contributed by atoms with Gasteiger partial charge in [0.15, 0.2) is 0 Å². The van der Waals surface area contributed by atoms with Crippen LogP contribution in [0.15, 0.2) is 176 Å². The number of fused-ring (bicyclic) bond motifs is 6. The largest absolute Gasteiger partial charge is 0.234 e. The fourth-order valence-corrected chi connectivity index (χ4v) is 9.30. The van der Waals surface area contributed by atoms with E-state index in [1.807, 2.05) is 54.6 Å². The number of nitrogens with zero attached hydrogens (tertiary/aromatic N) is 3. The Balaban J connectivity index is 0.000000162. The van der Waals surface area contributed by atoms with Crippen LogP contribution in [0.2, 0.25) is 0 Å². The van der Waals surface area contributed by atoms with E-state index in [4.69, 9.17) is 0 Å². The molecule has 3 nitrogen and oxygen atoms in total. The summed E-state index contributed by atoms with van der Waals surface area (Å²) in [5.74, 6) is 0. The fraction of sp³-hybridized carbons (Fsp3) is 0. The molecule has 0 saturated carbocycles. The molecule has 8 heteroatoms. The normalized spacial score (nSPS) is 11.6. The summed E-state index contributed by atoms with van der Waals surface area (Å²) in [7, 11) is -0.877. The Morgan fingerprint density at radius 2 is 0.561 bits per heavy atom. The second kappa shape index (κ2) is 15.0. The zero-order valence-corrected chi connectivity index (χ0v) is 26.7. The van der Waals surface area contributed by atoms with Gasteiger partial charge in [0.2, 0.25) is 0 Å². The average Bonchev–Trinajstić information content (AvgIpc) is 3.00. The van der Waals surface area contributed by atoms with E-state index >= 15 is 0 Å². The molecule has 0 N–H and O–H groups in total. The maximum Gasteiger partial charge on any atom is 0.104 e. The minimum Gasteiger partial charge on any atom is -0.234 e. The average molecular weight is 699 g/mol.